The molecular weight excluding hydrogens is 164 g/mol. The molecule has 0 amide bonds. The first kappa shape index (κ1) is 10.9. The van der Waals surface area contributed by atoms with Crippen molar-refractivity contribution in [2.24, 2.45) is 0 Å². The van der Waals surface area contributed by atoms with Gasteiger partial charge in [-0.25, -0.2) is 0 Å². The van der Waals surface area contributed by atoms with Crippen molar-refractivity contribution < 1.29 is 13.0 Å². The molecule has 0 aromatic rings. The zero-order chi connectivity index (χ0) is 8.74. The van der Waals surface area contributed by atoms with Crippen LogP contribution in [0.25, 0.3) is 0 Å². The van der Waals surface area contributed by atoms with Crippen LogP contribution in [0.4, 0.5) is 0 Å². The van der Waals surface area contributed by atoms with Crippen molar-refractivity contribution in [1.29, 1.82) is 0 Å². The van der Waals surface area contributed by atoms with Gasteiger partial charge in [-0.15, -0.1) is 0 Å². The van der Waals surface area contributed by atoms with Crippen molar-refractivity contribution in [1.82, 2.24) is 0 Å². The van der Waals surface area contributed by atoms with E-state index >= 15 is 0 Å². The van der Waals surface area contributed by atoms with Crippen LogP contribution in [0.2, 0.25) is 0 Å². The third-order valence-corrected chi connectivity index (χ3v) is 2.15. The second-order valence-electron chi connectivity index (χ2n) is 2.48. The third kappa shape index (κ3) is 9.91. The third-order valence-electron chi connectivity index (χ3n) is 1.35. The van der Waals surface area contributed by atoms with Gasteiger partial charge >= 0.3 is 0 Å². The van der Waals surface area contributed by atoms with Gasteiger partial charge in [0.05, 0.1) is 5.75 Å². The number of hydrogen-bond acceptors (Lipinski definition) is 2. The van der Waals surface area contributed by atoms with Crippen LogP contribution in [-0.4, -0.2) is 18.7 Å². The van der Waals surface area contributed by atoms with E-state index in [9.17, 15) is 8.42 Å². The van der Waals surface area contributed by atoms with Crippen LogP contribution in [0.15, 0.2) is 0 Å². The van der Waals surface area contributed by atoms with Crippen LogP contribution in [0.5, 0.6) is 0 Å². The summed E-state index contributed by atoms with van der Waals surface area (Å²) in [4.78, 5) is 0. The molecule has 0 aromatic carbocycles. The Morgan fingerprint density at radius 3 is 2.45 bits per heavy atom. The van der Waals surface area contributed by atoms with Gasteiger partial charge in [0.15, 0.2) is 0 Å². The SMILES string of the molecule is CC[CH]CCCCS(=O)(=O)O. The minimum atomic E-state index is -3.73. The van der Waals surface area contributed by atoms with Crippen molar-refractivity contribution in [3.63, 3.8) is 0 Å². The Hall–Kier alpha value is -0.0900. The van der Waals surface area contributed by atoms with Crippen LogP contribution in [0.1, 0.15) is 32.6 Å². The predicted octanol–water partition coefficient (Wildman–Crippen LogP) is 1.66. The smallest absolute Gasteiger partial charge is 0.264 e. The van der Waals surface area contributed by atoms with E-state index in [1.807, 2.05) is 6.92 Å². The normalized spacial score (nSPS) is 11.8. The van der Waals surface area contributed by atoms with Crippen molar-refractivity contribution in [2.75, 3.05) is 5.75 Å². The molecule has 67 valence electrons. The monoisotopic (exact) mass is 179 g/mol. The Morgan fingerprint density at radius 2 is 2.00 bits per heavy atom. The minimum absolute atomic E-state index is 0.107. The lowest BCUT2D eigenvalue weighted by Crippen LogP contribution is -2.03. The highest BCUT2D eigenvalue weighted by atomic mass is 32.2. The Bertz CT molecular complexity index is 172. The van der Waals surface area contributed by atoms with E-state index < -0.39 is 10.1 Å². The quantitative estimate of drug-likeness (QED) is 0.498. The summed E-state index contributed by atoms with van der Waals surface area (Å²) in [5.41, 5.74) is 0. The van der Waals surface area contributed by atoms with E-state index in [1.165, 1.54) is 0 Å². The molecular formula is C7H15O3S. The summed E-state index contributed by atoms with van der Waals surface area (Å²) in [5, 5.41) is 0. The molecule has 0 aromatic heterocycles. The van der Waals surface area contributed by atoms with Crippen molar-refractivity contribution in [3.05, 3.63) is 6.42 Å². The van der Waals surface area contributed by atoms with E-state index in [-0.39, 0.29) is 5.75 Å². The number of rotatable bonds is 6. The summed E-state index contributed by atoms with van der Waals surface area (Å²) in [6.45, 7) is 2.04. The largest absolute Gasteiger partial charge is 0.286 e. The van der Waals surface area contributed by atoms with E-state index in [2.05, 4.69) is 6.42 Å². The van der Waals surface area contributed by atoms with Gasteiger partial charge in [-0.2, -0.15) is 8.42 Å². The molecule has 0 aliphatic carbocycles. The van der Waals surface area contributed by atoms with Gasteiger partial charge in [0.1, 0.15) is 0 Å². The van der Waals surface area contributed by atoms with Gasteiger partial charge < -0.3 is 0 Å². The predicted molar refractivity (Wildman–Crippen MR) is 44.9 cm³/mol. The van der Waals surface area contributed by atoms with Gasteiger partial charge in [0.25, 0.3) is 10.1 Å². The topological polar surface area (TPSA) is 54.4 Å². The van der Waals surface area contributed by atoms with Crippen molar-refractivity contribution in [3.8, 4) is 0 Å². The summed E-state index contributed by atoms with van der Waals surface area (Å²) in [7, 11) is -3.73. The van der Waals surface area contributed by atoms with Crippen molar-refractivity contribution in [2.45, 2.75) is 32.6 Å². The first-order chi connectivity index (χ1) is 5.06. The molecule has 3 nitrogen and oxygen atoms in total. The summed E-state index contributed by atoms with van der Waals surface area (Å²) in [5.74, 6) is -0.107. The lowest BCUT2D eigenvalue weighted by molar-refractivity contribution is 0.480. The first-order valence-electron chi connectivity index (χ1n) is 3.83. The van der Waals surface area contributed by atoms with E-state index in [1.54, 1.807) is 0 Å². The summed E-state index contributed by atoms with van der Waals surface area (Å²) in [6.07, 6.45) is 5.45. The van der Waals surface area contributed by atoms with Crippen molar-refractivity contribution >= 4 is 10.1 Å². The molecule has 0 unspecified atom stereocenters. The average molecular weight is 179 g/mol. The molecule has 0 atom stereocenters. The van der Waals surface area contributed by atoms with E-state index in [0.29, 0.717) is 6.42 Å². The zero-order valence-corrected chi connectivity index (χ0v) is 7.60. The highest BCUT2D eigenvalue weighted by Gasteiger charge is 2.02. The highest BCUT2D eigenvalue weighted by molar-refractivity contribution is 7.85. The summed E-state index contributed by atoms with van der Waals surface area (Å²) in [6, 6.07) is 0. The molecule has 0 bridgehead atoms. The number of unbranched alkanes of at least 4 members (excludes halogenated alkanes) is 4. The van der Waals surface area contributed by atoms with Crippen LogP contribution < -0.4 is 0 Å². The molecule has 0 saturated carbocycles. The molecule has 0 saturated heterocycles. The van der Waals surface area contributed by atoms with Crippen LogP contribution in [-0.2, 0) is 10.1 Å². The Balaban J connectivity index is 3.16. The molecule has 1 N–H and O–H groups in total. The fourth-order valence-corrected chi connectivity index (χ4v) is 1.35. The van der Waals surface area contributed by atoms with Gasteiger partial charge in [-0.3, -0.25) is 4.55 Å². The van der Waals surface area contributed by atoms with Gasteiger partial charge in [-0.1, -0.05) is 26.2 Å². The molecule has 0 fully saturated rings. The fraction of sp³-hybridized carbons (Fsp3) is 0.857. The first-order valence-corrected chi connectivity index (χ1v) is 5.44. The maximum atomic E-state index is 10.2. The molecule has 11 heavy (non-hydrogen) atoms. The summed E-state index contributed by atoms with van der Waals surface area (Å²) < 4.78 is 28.8. The van der Waals surface area contributed by atoms with E-state index in [4.69, 9.17) is 4.55 Å². The lowest BCUT2D eigenvalue weighted by Gasteiger charge is -1.96. The average Bonchev–Trinajstić information content (AvgIpc) is 1.85. The summed E-state index contributed by atoms with van der Waals surface area (Å²) >= 11 is 0. The molecule has 0 spiro atoms. The van der Waals surface area contributed by atoms with Crippen LogP contribution in [0.3, 0.4) is 0 Å². The molecule has 0 heterocycles. The van der Waals surface area contributed by atoms with Gasteiger partial charge in [0.2, 0.25) is 0 Å². The molecule has 4 heteroatoms. The highest BCUT2D eigenvalue weighted by Crippen LogP contribution is 2.02. The zero-order valence-electron chi connectivity index (χ0n) is 6.78. The number of hydrogen-bond donors (Lipinski definition) is 1. The van der Waals surface area contributed by atoms with E-state index in [0.717, 1.165) is 19.3 Å². The Kier molecular flexibility index (Phi) is 5.50. The fourth-order valence-electron chi connectivity index (χ4n) is 0.777. The molecule has 0 aliphatic rings. The Morgan fingerprint density at radius 1 is 1.36 bits per heavy atom. The molecule has 0 rings (SSSR count). The standard InChI is InChI=1S/C7H15O3S/c1-2-3-4-5-6-7-11(8,9)10/h3H,2,4-7H2,1H3,(H,8,9,10). The lowest BCUT2D eigenvalue weighted by atomic mass is 10.2. The maximum absolute atomic E-state index is 10.2. The second-order valence-corrected chi connectivity index (χ2v) is 4.05. The van der Waals surface area contributed by atoms with Crippen LogP contribution in [0, 0.1) is 6.42 Å². The van der Waals surface area contributed by atoms with Crippen LogP contribution >= 0.6 is 0 Å². The minimum Gasteiger partial charge on any atom is -0.286 e. The Labute approximate surface area is 68.6 Å². The molecule has 0 aliphatic heterocycles. The van der Waals surface area contributed by atoms with Gasteiger partial charge in [-0.05, 0) is 12.8 Å². The maximum Gasteiger partial charge on any atom is 0.264 e. The second kappa shape index (κ2) is 5.55. The van der Waals surface area contributed by atoms with Gasteiger partial charge in [0, 0.05) is 0 Å². The molecule has 1 radical (unpaired) electrons.